The number of carbonyl (C=O) groups excluding carboxylic acids is 2. The maximum Gasteiger partial charge on any atom is 0.411 e. The van der Waals surface area contributed by atoms with Crippen LogP contribution in [0.3, 0.4) is 0 Å². The zero-order chi connectivity index (χ0) is 29.5. The molecule has 0 fully saturated rings. The minimum Gasteiger partial charge on any atom is -0.506 e. The maximum absolute atomic E-state index is 12.9. The van der Waals surface area contributed by atoms with E-state index in [4.69, 9.17) is 9.47 Å². The molecule has 3 aromatic carbocycles. The van der Waals surface area contributed by atoms with Crippen molar-refractivity contribution in [2.75, 3.05) is 25.1 Å². The number of phenolic OH excluding ortho intramolecular Hbond substituents is 1. The summed E-state index contributed by atoms with van der Waals surface area (Å²) in [5.74, 6) is 0.371. The summed E-state index contributed by atoms with van der Waals surface area (Å²) in [5, 5.41) is 17.4. The van der Waals surface area contributed by atoms with E-state index < -0.39 is 6.09 Å². The molecular weight excluding hydrogens is 504 g/mol. The SMILES string of the molecule is CCOC(=O)Nc1cccc2c(O)c(C(=O)NCCCOc3ccc(C(C)(C)CC)cc3C(C)(C)CC)ccc12. The average Bonchev–Trinajstić information content (AvgIpc) is 2.93. The molecule has 7 nitrogen and oxygen atoms in total. The number of aromatic hydroxyl groups is 1. The first-order valence-electron chi connectivity index (χ1n) is 14.2. The molecule has 3 rings (SSSR count). The monoisotopic (exact) mass is 548 g/mol. The van der Waals surface area contributed by atoms with Crippen LogP contribution in [0.4, 0.5) is 10.5 Å². The van der Waals surface area contributed by atoms with Gasteiger partial charge in [-0.05, 0) is 60.8 Å². The Bertz CT molecular complexity index is 1350. The first-order chi connectivity index (χ1) is 18.9. The Morgan fingerprint density at radius 1 is 0.900 bits per heavy atom. The van der Waals surface area contributed by atoms with Gasteiger partial charge in [0.1, 0.15) is 11.5 Å². The van der Waals surface area contributed by atoms with Crippen LogP contribution in [0.1, 0.15) is 89.2 Å². The maximum atomic E-state index is 12.9. The number of ether oxygens (including phenoxy) is 2. The van der Waals surface area contributed by atoms with Gasteiger partial charge in [0.25, 0.3) is 5.91 Å². The Balaban J connectivity index is 1.64. The van der Waals surface area contributed by atoms with Crippen LogP contribution in [0.15, 0.2) is 48.5 Å². The Morgan fingerprint density at radius 3 is 2.30 bits per heavy atom. The van der Waals surface area contributed by atoms with E-state index in [1.54, 1.807) is 37.3 Å². The molecular formula is C33H44N2O5. The number of amides is 2. The van der Waals surface area contributed by atoms with Crippen LogP contribution >= 0.6 is 0 Å². The Morgan fingerprint density at radius 2 is 1.62 bits per heavy atom. The molecule has 3 aromatic rings. The summed E-state index contributed by atoms with van der Waals surface area (Å²) < 4.78 is 11.2. The van der Waals surface area contributed by atoms with E-state index in [9.17, 15) is 14.7 Å². The van der Waals surface area contributed by atoms with Crippen LogP contribution in [0.2, 0.25) is 0 Å². The number of hydrogen-bond donors (Lipinski definition) is 3. The molecule has 0 heterocycles. The number of hydrogen-bond acceptors (Lipinski definition) is 5. The van der Waals surface area contributed by atoms with E-state index in [2.05, 4.69) is 70.4 Å². The second-order valence-corrected chi connectivity index (χ2v) is 11.4. The summed E-state index contributed by atoms with van der Waals surface area (Å²) in [5.41, 5.74) is 3.24. The third kappa shape index (κ3) is 7.06. The number of benzene rings is 3. The summed E-state index contributed by atoms with van der Waals surface area (Å²) in [4.78, 5) is 24.7. The van der Waals surface area contributed by atoms with Crippen molar-refractivity contribution < 1.29 is 24.2 Å². The van der Waals surface area contributed by atoms with Crippen molar-refractivity contribution in [2.24, 2.45) is 0 Å². The van der Waals surface area contributed by atoms with Crippen molar-refractivity contribution in [3.63, 3.8) is 0 Å². The molecule has 0 saturated heterocycles. The first-order valence-corrected chi connectivity index (χ1v) is 14.2. The summed E-state index contributed by atoms with van der Waals surface area (Å²) in [6, 6.07) is 14.9. The van der Waals surface area contributed by atoms with E-state index in [1.807, 2.05) is 0 Å². The van der Waals surface area contributed by atoms with Crippen molar-refractivity contribution >= 4 is 28.5 Å². The number of rotatable bonds is 12. The van der Waals surface area contributed by atoms with Gasteiger partial charge >= 0.3 is 6.09 Å². The minimum absolute atomic E-state index is 0.0251. The predicted octanol–water partition coefficient (Wildman–Crippen LogP) is 7.69. The molecule has 3 N–H and O–H groups in total. The number of nitrogens with one attached hydrogen (secondary N) is 2. The van der Waals surface area contributed by atoms with Crippen molar-refractivity contribution in [3.8, 4) is 11.5 Å². The van der Waals surface area contributed by atoms with E-state index in [-0.39, 0.29) is 34.7 Å². The molecule has 0 saturated carbocycles. The fraction of sp³-hybridized carbons (Fsp3) is 0.455. The quantitative estimate of drug-likeness (QED) is 0.202. The normalized spacial score (nSPS) is 11.8. The average molecular weight is 549 g/mol. The first kappa shape index (κ1) is 30.8. The van der Waals surface area contributed by atoms with Crippen LogP contribution in [0.25, 0.3) is 10.8 Å². The second-order valence-electron chi connectivity index (χ2n) is 11.4. The van der Waals surface area contributed by atoms with Gasteiger partial charge in [0.05, 0.1) is 24.5 Å². The van der Waals surface area contributed by atoms with Gasteiger partial charge in [-0.25, -0.2) is 4.79 Å². The second kappa shape index (κ2) is 13.1. The summed E-state index contributed by atoms with van der Waals surface area (Å²) in [6.45, 7) is 16.2. The van der Waals surface area contributed by atoms with Gasteiger partial charge in [-0.3, -0.25) is 10.1 Å². The molecule has 2 amide bonds. The highest BCUT2D eigenvalue weighted by Gasteiger charge is 2.26. The fourth-order valence-electron chi connectivity index (χ4n) is 4.46. The third-order valence-corrected chi connectivity index (χ3v) is 7.91. The summed E-state index contributed by atoms with van der Waals surface area (Å²) in [6.07, 6.45) is 2.08. The number of carbonyl (C=O) groups is 2. The standard InChI is InChI=1S/C33H44N2O5/c1-8-32(4,5)22-15-18-28(26(21-22)33(6,7)9-2)40-20-12-19-34-30(37)25-17-16-23-24(29(25)36)13-11-14-27(23)35-31(38)39-10-3/h11,13-18,21,36H,8-10,12,19-20H2,1-7H3,(H,34,37)(H,35,38). The highest BCUT2D eigenvalue weighted by Crippen LogP contribution is 2.38. The molecule has 0 aliphatic heterocycles. The lowest BCUT2D eigenvalue weighted by Crippen LogP contribution is -2.26. The molecule has 0 spiro atoms. The van der Waals surface area contributed by atoms with Gasteiger partial charge in [0.2, 0.25) is 0 Å². The van der Waals surface area contributed by atoms with Gasteiger partial charge in [-0.15, -0.1) is 0 Å². The molecule has 0 atom stereocenters. The van der Waals surface area contributed by atoms with Gasteiger partial charge in [0, 0.05) is 22.9 Å². The number of anilines is 1. The van der Waals surface area contributed by atoms with Gasteiger partial charge in [0.15, 0.2) is 0 Å². The van der Waals surface area contributed by atoms with Crippen molar-refractivity contribution in [3.05, 3.63) is 65.2 Å². The molecule has 0 aromatic heterocycles. The van der Waals surface area contributed by atoms with Crippen LogP contribution in [0.5, 0.6) is 11.5 Å². The van der Waals surface area contributed by atoms with Crippen LogP contribution in [0, 0.1) is 0 Å². The summed E-state index contributed by atoms with van der Waals surface area (Å²) >= 11 is 0. The zero-order valence-electron chi connectivity index (χ0n) is 24.9. The van der Waals surface area contributed by atoms with Crippen LogP contribution < -0.4 is 15.4 Å². The highest BCUT2D eigenvalue weighted by atomic mass is 16.5. The number of phenols is 1. The fourth-order valence-corrected chi connectivity index (χ4v) is 4.46. The number of fused-ring (bicyclic) bond motifs is 1. The minimum atomic E-state index is -0.579. The molecule has 40 heavy (non-hydrogen) atoms. The van der Waals surface area contributed by atoms with Crippen LogP contribution in [-0.2, 0) is 15.6 Å². The lowest BCUT2D eigenvalue weighted by molar-refractivity contribution is 0.0949. The van der Waals surface area contributed by atoms with Gasteiger partial charge in [-0.2, -0.15) is 0 Å². The molecule has 0 aliphatic rings. The van der Waals surface area contributed by atoms with E-state index >= 15 is 0 Å². The topological polar surface area (TPSA) is 96.9 Å². The summed E-state index contributed by atoms with van der Waals surface area (Å²) in [7, 11) is 0. The zero-order valence-corrected chi connectivity index (χ0v) is 24.9. The highest BCUT2D eigenvalue weighted by molar-refractivity contribution is 6.08. The molecule has 0 unspecified atom stereocenters. The van der Waals surface area contributed by atoms with E-state index in [0.717, 1.165) is 18.6 Å². The van der Waals surface area contributed by atoms with E-state index in [1.165, 1.54) is 11.1 Å². The Hall–Kier alpha value is -3.74. The van der Waals surface area contributed by atoms with Crippen molar-refractivity contribution in [1.29, 1.82) is 0 Å². The Labute approximate surface area is 238 Å². The lowest BCUT2D eigenvalue weighted by atomic mass is 9.76. The Kier molecular flexibility index (Phi) is 10.1. The van der Waals surface area contributed by atoms with Crippen LogP contribution in [-0.4, -0.2) is 36.9 Å². The van der Waals surface area contributed by atoms with E-state index in [0.29, 0.717) is 36.0 Å². The smallest absolute Gasteiger partial charge is 0.411 e. The molecule has 7 heteroatoms. The van der Waals surface area contributed by atoms with Gasteiger partial charge < -0.3 is 19.9 Å². The molecule has 0 radical (unpaired) electrons. The third-order valence-electron chi connectivity index (χ3n) is 7.91. The van der Waals surface area contributed by atoms with Gasteiger partial charge in [-0.1, -0.05) is 71.9 Å². The predicted molar refractivity (Wildman–Crippen MR) is 162 cm³/mol. The largest absolute Gasteiger partial charge is 0.506 e. The van der Waals surface area contributed by atoms with Crippen molar-refractivity contribution in [1.82, 2.24) is 5.32 Å². The molecule has 216 valence electrons. The molecule has 0 aliphatic carbocycles. The van der Waals surface area contributed by atoms with Crippen molar-refractivity contribution in [2.45, 2.75) is 78.6 Å². The molecule has 0 bridgehead atoms. The lowest BCUT2D eigenvalue weighted by Gasteiger charge is -2.30.